The molecule has 2 aromatic heterocycles. The molecule has 0 unspecified atom stereocenters. The lowest BCUT2D eigenvalue weighted by atomic mass is 10.1. The molecule has 0 bridgehead atoms. The minimum absolute atomic E-state index is 0.364. The predicted molar refractivity (Wildman–Crippen MR) is 91.1 cm³/mol. The fourth-order valence-electron chi connectivity index (χ4n) is 2.06. The molecular weight excluding hydrogens is 304 g/mol. The van der Waals surface area contributed by atoms with Gasteiger partial charge in [-0.3, -0.25) is 4.98 Å². The van der Waals surface area contributed by atoms with Crippen molar-refractivity contribution in [3.05, 3.63) is 59.4 Å². The van der Waals surface area contributed by atoms with Gasteiger partial charge in [0.05, 0.1) is 22.8 Å². The van der Waals surface area contributed by atoms with E-state index in [-0.39, 0.29) is 5.57 Å². The number of aromatic nitrogens is 2. The summed E-state index contributed by atoms with van der Waals surface area (Å²) in [5, 5.41) is 18.0. The molecule has 0 aromatic carbocycles. The van der Waals surface area contributed by atoms with Gasteiger partial charge >= 0.3 is 5.97 Å². The molecule has 2 rings (SSSR count). The number of nitrogens with zero attached hydrogens (tertiary/aromatic N) is 3. The molecule has 6 heteroatoms. The molecule has 0 radical (unpaired) electrons. The van der Waals surface area contributed by atoms with E-state index in [0.717, 1.165) is 6.42 Å². The fraction of sp³-hybridized carbons (Fsp3) is 0.111. The maximum atomic E-state index is 11.1. The Bertz CT molecular complexity index is 849. The molecule has 0 aliphatic heterocycles. The topological polar surface area (TPSA) is 113 Å². The number of aliphatic carboxylic acids is 1. The van der Waals surface area contributed by atoms with Gasteiger partial charge in [0.25, 0.3) is 0 Å². The lowest BCUT2D eigenvalue weighted by molar-refractivity contribution is -0.132. The molecule has 6 nitrogen and oxygen atoms in total. The van der Waals surface area contributed by atoms with Crippen molar-refractivity contribution in [1.29, 1.82) is 5.26 Å². The third-order valence-electron chi connectivity index (χ3n) is 3.16. The zero-order valence-corrected chi connectivity index (χ0v) is 13.1. The molecule has 24 heavy (non-hydrogen) atoms. The summed E-state index contributed by atoms with van der Waals surface area (Å²) < 4.78 is 0. The number of hydrogen-bond acceptors (Lipinski definition) is 5. The predicted octanol–water partition coefficient (Wildman–Crippen LogP) is 2.84. The molecule has 0 amide bonds. The van der Waals surface area contributed by atoms with Crippen LogP contribution in [-0.4, -0.2) is 21.0 Å². The zero-order valence-electron chi connectivity index (χ0n) is 13.1. The van der Waals surface area contributed by atoms with E-state index >= 15 is 0 Å². The highest BCUT2D eigenvalue weighted by molar-refractivity contribution is 5.96. The van der Waals surface area contributed by atoms with Crippen LogP contribution in [0.5, 0.6) is 0 Å². The Morgan fingerprint density at radius 1 is 1.38 bits per heavy atom. The van der Waals surface area contributed by atoms with Gasteiger partial charge in [-0.2, -0.15) is 5.26 Å². The van der Waals surface area contributed by atoms with Crippen molar-refractivity contribution in [1.82, 2.24) is 9.97 Å². The number of pyridine rings is 2. The van der Waals surface area contributed by atoms with Gasteiger partial charge in [0.15, 0.2) is 0 Å². The summed E-state index contributed by atoms with van der Waals surface area (Å²) in [6.45, 7) is 1.95. The number of carboxylic acid groups (broad SMARTS) is 1. The van der Waals surface area contributed by atoms with Crippen LogP contribution in [0.4, 0.5) is 0 Å². The summed E-state index contributed by atoms with van der Waals surface area (Å²) >= 11 is 0. The van der Waals surface area contributed by atoms with Gasteiger partial charge in [-0.25, -0.2) is 9.78 Å². The number of nitriles is 1. The first-order chi connectivity index (χ1) is 11.5. The van der Waals surface area contributed by atoms with E-state index in [1.54, 1.807) is 36.5 Å². The van der Waals surface area contributed by atoms with E-state index < -0.39 is 5.97 Å². The van der Waals surface area contributed by atoms with Crippen molar-refractivity contribution >= 4 is 17.7 Å². The summed E-state index contributed by atoms with van der Waals surface area (Å²) in [5.41, 5.74) is 8.35. The Balaban J connectivity index is 2.63. The second-order valence-electron chi connectivity index (χ2n) is 4.93. The number of carbonyl (C=O) groups is 1. The quantitative estimate of drug-likeness (QED) is 0.647. The lowest BCUT2D eigenvalue weighted by Crippen LogP contribution is -2.02. The van der Waals surface area contributed by atoms with E-state index in [4.69, 9.17) is 16.1 Å². The molecule has 0 atom stereocenters. The van der Waals surface area contributed by atoms with E-state index in [1.165, 1.54) is 6.08 Å². The van der Waals surface area contributed by atoms with Crippen LogP contribution in [0.1, 0.15) is 24.6 Å². The molecule has 3 N–H and O–H groups in total. The average molecular weight is 320 g/mol. The second-order valence-corrected chi connectivity index (χ2v) is 4.93. The smallest absolute Gasteiger partial charge is 0.346 e. The monoisotopic (exact) mass is 320 g/mol. The van der Waals surface area contributed by atoms with E-state index in [1.807, 2.05) is 19.1 Å². The zero-order chi connectivity index (χ0) is 17.5. The molecule has 0 saturated carbocycles. The van der Waals surface area contributed by atoms with Crippen molar-refractivity contribution in [2.24, 2.45) is 5.73 Å². The Hall–Kier alpha value is -3.46. The van der Waals surface area contributed by atoms with E-state index in [9.17, 15) is 4.79 Å². The SMILES string of the molecule is CC/C=C(\N)c1cc(/C=C(\C#N)C(=O)O)cc(-c2ccccn2)n1. The third kappa shape index (κ3) is 4.05. The Labute approximate surface area is 139 Å². The molecule has 120 valence electrons. The van der Waals surface area contributed by atoms with Gasteiger partial charge < -0.3 is 10.8 Å². The Kier molecular flexibility index (Phi) is 5.42. The van der Waals surface area contributed by atoms with Crippen LogP contribution in [0.2, 0.25) is 0 Å². The van der Waals surface area contributed by atoms with Crippen LogP contribution in [0.15, 0.2) is 48.2 Å². The molecule has 0 fully saturated rings. The van der Waals surface area contributed by atoms with Crippen LogP contribution >= 0.6 is 0 Å². The molecule has 2 aromatic rings. The number of hydrogen-bond donors (Lipinski definition) is 2. The minimum atomic E-state index is -1.28. The highest BCUT2D eigenvalue weighted by Crippen LogP contribution is 2.21. The van der Waals surface area contributed by atoms with E-state index in [0.29, 0.717) is 28.3 Å². The first-order valence-electron chi connectivity index (χ1n) is 7.29. The third-order valence-corrected chi connectivity index (χ3v) is 3.16. The van der Waals surface area contributed by atoms with Crippen LogP contribution < -0.4 is 5.73 Å². The summed E-state index contributed by atoms with van der Waals surface area (Å²) in [4.78, 5) is 19.8. The van der Waals surface area contributed by atoms with Gasteiger partial charge in [0, 0.05) is 6.20 Å². The molecule has 0 aliphatic rings. The van der Waals surface area contributed by atoms with Gasteiger partial charge in [-0.05, 0) is 42.3 Å². The summed E-state index contributed by atoms with van der Waals surface area (Å²) in [6, 6.07) is 10.4. The molecule has 0 saturated heterocycles. The molecule has 0 aliphatic carbocycles. The van der Waals surface area contributed by atoms with Crippen molar-refractivity contribution in [3.63, 3.8) is 0 Å². The summed E-state index contributed by atoms with van der Waals surface area (Å²) in [7, 11) is 0. The summed E-state index contributed by atoms with van der Waals surface area (Å²) in [6.07, 6.45) is 5.49. The van der Waals surface area contributed by atoms with Crippen molar-refractivity contribution in [3.8, 4) is 17.5 Å². The van der Waals surface area contributed by atoms with Crippen LogP contribution in [-0.2, 0) is 4.79 Å². The summed E-state index contributed by atoms with van der Waals surface area (Å²) in [5.74, 6) is -1.28. The average Bonchev–Trinajstić information content (AvgIpc) is 2.60. The maximum absolute atomic E-state index is 11.1. The number of allylic oxidation sites excluding steroid dienone is 1. The van der Waals surface area contributed by atoms with Gasteiger partial charge in [-0.1, -0.05) is 19.1 Å². The molecule has 2 heterocycles. The highest BCUT2D eigenvalue weighted by Gasteiger charge is 2.10. The van der Waals surface area contributed by atoms with Crippen molar-refractivity contribution < 1.29 is 9.90 Å². The maximum Gasteiger partial charge on any atom is 0.346 e. The molecule has 0 spiro atoms. The Morgan fingerprint density at radius 2 is 2.17 bits per heavy atom. The van der Waals surface area contributed by atoms with Gasteiger partial charge in [-0.15, -0.1) is 0 Å². The molecular formula is C18H16N4O2. The number of carboxylic acids is 1. The van der Waals surface area contributed by atoms with Crippen LogP contribution in [0.25, 0.3) is 23.2 Å². The second kappa shape index (κ2) is 7.70. The van der Waals surface area contributed by atoms with Crippen LogP contribution in [0.3, 0.4) is 0 Å². The lowest BCUT2D eigenvalue weighted by Gasteiger charge is -2.07. The van der Waals surface area contributed by atoms with E-state index in [2.05, 4.69) is 9.97 Å². The first kappa shape index (κ1) is 16.9. The Morgan fingerprint density at radius 3 is 2.75 bits per heavy atom. The van der Waals surface area contributed by atoms with Crippen LogP contribution in [0, 0.1) is 11.3 Å². The fourth-order valence-corrected chi connectivity index (χ4v) is 2.06. The van der Waals surface area contributed by atoms with Crippen molar-refractivity contribution in [2.45, 2.75) is 13.3 Å². The first-order valence-corrected chi connectivity index (χ1v) is 7.29. The standard InChI is InChI=1S/C18H16N4O2/c1-2-5-14(20)16-9-12(8-13(11-19)18(23)24)10-17(22-16)15-6-3-4-7-21-15/h3-10H,2,20H2,1H3,(H,23,24)/b13-8+,14-5-. The minimum Gasteiger partial charge on any atom is -0.477 e. The van der Waals surface area contributed by atoms with Gasteiger partial charge in [0.2, 0.25) is 0 Å². The number of rotatable bonds is 5. The number of nitrogens with two attached hydrogens (primary N) is 1. The normalized spacial score (nSPS) is 11.8. The largest absolute Gasteiger partial charge is 0.477 e. The highest BCUT2D eigenvalue weighted by atomic mass is 16.4. The van der Waals surface area contributed by atoms with Crippen molar-refractivity contribution in [2.75, 3.05) is 0 Å². The van der Waals surface area contributed by atoms with Gasteiger partial charge in [0.1, 0.15) is 11.6 Å².